The lowest BCUT2D eigenvalue weighted by atomic mass is 9.44. The Labute approximate surface area is 437 Å². The number of guanidine groups is 1. The molecule has 74 heavy (non-hydrogen) atoms. The van der Waals surface area contributed by atoms with Crippen LogP contribution in [0.25, 0.3) is 0 Å². The fourth-order valence-electron chi connectivity index (χ4n) is 18.8. The number of aromatic amines is 1. The highest BCUT2D eigenvalue weighted by Gasteiger charge is 2.74. The molecule has 9 aliphatic rings. The van der Waals surface area contributed by atoms with Crippen LogP contribution in [0.1, 0.15) is 143 Å². The van der Waals surface area contributed by atoms with Crippen molar-refractivity contribution in [2.45, 2.75) is 179 Å². The Bertz CT molecular complexity index is 2490. The third-order valence-corrected chi connectivity index (χ3v) is 22.0. The molecule has 15 nitrogen and oxygen atoms in total. The van der Waals surface area contributed by atoms with Crippen LogP contribution in [-0.2, 0) is 19.1 Å². The molecule has 0 amide bonds. The van der Waals surface area contributed by atoms with Crippen LogP contribution in [0.15, 0.2) is 46.4 Å². The average Bonchev–Trinajstić information content (AvgIpc) is 4.06. The number of rotatable bonds is 10. The van der Waals surface area contributed by atoms with Crippen molar-refractivity contribution >= 4 is 23.5 Å². The van der Waals surface area contributed by atoms with Crippen LogP contribution >= 0.6 is 0 Å². The van der Waals surface area contributed by atoms with Crippen LogP contribution in [0.4, 0.5) is 0 Å². The number of carbonyl (C=O) groups is 3. The van der Waals surface area contributed by atoms with Gasteiger partial charge in [0, 0.05) is 54.4 Å². The highest BCUT2D eigenvalue weighted by Crippen LogP contribution is 2.73. The SMILES string of the molecule is CC[C@@H]1OC(=O)[C@@H](c2cc[nH]c2)[C@@H]1[C@@H]1C#CC[C@@H]2C[C@@]3(O)C4=C(N[C@@H](CO)C(C)=O)C(=O)[C@@H]5C[C@@H](O)[C@@H](O)C[C@]5(C)[C@H]4CC[C@]3(CCN=C(N)N)[C@H]2[C@@](C)(O)[C@H](O)C[C@@H](C)[C@H]2[C@@H]3[C@H]1CC[C@H]2C=C1CC[C@H](C)C[C@H]13. The van der Waals surface area contributed by atoms with Gasteiger partial charge >= 0.3 is 5.97 Å². The van der Waals surface area contributed by atoms with Crippen LogP contribution in [-0.4, -0.2) is 114 Å². The predicted molar refractivity (Wildman–Crippen MR) is 278 cm³/mol. The van der Waals surface area contributed by atoms with Crippen molar-refractivity contribution in [3.8, 4) is 11.8 Å². The van der Waals surface area contributed by atoms with Crippen molar-refractivity contribution in [3.63, 3.8) is 0 Å². The van der Waals surface area contributed by atoms with E-state index in [-0.39, 0.29) is 104 Å². The fourth-order valence-corrected chi connectivity index (χ4v) is 18.8. The standard InChI is InChI=1S/C59H85N5O10/c1-7-44-49(47(54(71)74-44)35-16-19-62-27-35)36-10-8-9-34-25-59(73)50-39(56(5)26-43(68)42(67)24-40(56)52(70)51(50)64-41(28-65)31(4)66)15-17-58(59,18-20-63-55(60)61)53(34)57(6,72)45(69)22-30(3)46-33-13-14-37(36)48(46)38-21-29(2)11-12-32(38)23-33/h16,19,23,27,29-30,33-34,36-49,53,62,64-65,67-69,72-73H,7,9,11-15,17-18,20-22,24-26,28H2,1-6H3,(H4,60,61,63)/t29-,30+,33-,34+,36+,37-,38+,39-,40-,41-,42+,43-,44-,45+,46+,47-,48+,49+,53+,56+,57-,58-,59+/m0/s1. The summed E-state index contributed by atoms with van der Waals surface area (Å²) in [5, 5.41) is 77.4. The third-order valence-electron chi connectivity index (χ3n) is 22.0. The van der Waals surface area contributed by atoms with Crippen molar-refractivity contribution < 1.29 is 49.8 Å². The summed E-state index contributed by atoms with van der Waals surface area (Å²) in [7, 11) is 0. The molecule has 12 N–H and O–H groups in total. The van der Waals surface area contributed by atoms with E-state index in [4.69, 9.17) is 16.2 Å². The molecule has 15 heteroatoms. The molecule has 1 saturated heterocycles. The maximum Gasteiger partial charge on any atom is 0.314 e. The predicted octanol–water partition coefficient (Wildman–Crippen LogP) is 4.79. The molecule has 406 valence electrons. The van der Waals surface area contributed by atoms with Gasteiger partial charge in [-0.15, -0.1) is 5.92 Å². The highest BCUT2D eigenvalue weighted by atomic mass is 16.6. The van der Waals surface area contributed by atoms with E-state index in [0.717, 1.165) is 37.7 Å². The van der Waals surface area contributed by atoms with E-state index in [0.29, 0.717) is 43.1 Å². The molecule has 0 aromatic carbocycles. The molecule has 0 spiro atoms. The minimum absolute atomic E-state index is 0.0213. The summed E-state index contributed by atoms with van der Waals surface area (Å²) >= 11 is 0. The zero-order chi connectivity index (χ0) is 53.0. The quantitative estimate of drug-likeness (QED) is 0.0497. The number of allylic oxidation sites excluding steroid dienone is 3. The Hall–Kier alpha value is -4.04. The number of nitrogens with one attached hydrogen (secondary N) is 2. The summed E-state index contributed by atoms with van der Waals surface area (Å²) in [4.78, 5) is 50.4. The monoisotopic (exact) mass is 1020 g/mol. The number of H-pyrrole nitrogens is 1. The minimum atomic E-state index is -1.90. The van der Waals surface area contributed by atoms with Gasteiger partial charge in [0.05, 0.1) is 47.7 Å². The summed E-state index contributed by atoms with van der Waals surface area (Å²) in [5.74, 6) is 4.40. The molecule has 2 heterocycles. The van der Waals surface area contributed by atoms with E-state index in [9.17, 15) is 40.2 Å². The van der Waals surface area contributed by atoms with Gasteiger partial charge in [-0.2, -0.15) is 0 Å². The largest absolute Gasteiger partial charge is 0.462 e. The molecule has 23 atom stereocenters. The number of carbonyl (C=O) groups excluding carboxylic acids is 3. The van der Waals surface area contributed by atoms with E-state index in [2.05, 4.69) is 54.0 Å². The van der Waals surface area contributed by atoms with Crippen molar-refractivity contribution in [1.29, 1.82) is 0 Å². The number of ketones is 2. The number of fused-ring (bicyclic) bond motifs is 8. The summed E-state index contributed by atoms with van der Waals surface area (Å²) in [5.41, 5.74) is 8.91. The smallest absolute Gasteiger partial charge is 0.314 e. The number of aliphatic imine (C=N–C) groups is 1. The second-order valence-electron chi connectivity index (χ2n) is 25.8. The molecule has 1 aliphatic heterocycles. The van der Waals surface area contributed by atoms with Crippen molar-refractivity contribution in [2.75, 3.05) is 13.2 Å². The first-order valence-electron chi connectivity index (χ1n) is 28.3. The highest BCUT2D eigenvalue weighted by molar-refractivity contribution is 6.00. The molecule has 8 aliphatic carbocycles. The van der Waals surface area contributed by atoms with E-state index in [1.807, 2.05) is 25.4 Å². The Morgan fingerprint density at radius 2 is 1.77 bits per heavy atom. The maximum atomic E-state index is 15.3. The molecule has 0 radical (unpaired) electrons. The fraction of sp³-hybridized carbons (Fsp3) is 0.763. The first kappa shape index (κ1) is 53.4. The number of nitrogens with zero attached hydrogens (tertiary/aromatic N) is 1. The molecule has 10 rings (SSSR count). The number of aliphatic hydroxyl groups is 6. The number of esters is 1. The number of hydrogen-bond donors (Lipinski definition) is 10. The number of Topliss-reactive ketones (excluding diaryl/α,β-unsaturated/α-hetero) is 2. The van der Waals surface area contributed by atoms with Crippen LogP contribution in [0.5, 0.6) is 0 Å². The molecule has 1 aromatic rings. The lowest BCUT2D eigenvalue weighted by Crippen LogP contribution is -2.66. The zero-order valence-corrected chi connectivity index (χ0v) is 44.5. The van der Waals surface area contributed by atoms with Crippen LogP contribution in [0, 0.1) is 99.6 Å². The van der Waals surface area contributed by atoms with Gasteiger partial charge < -0.3 is 57.1 Å². The number of hydrogen-bond acceptors (Lipinski definition) is 12. The molecule has 6 fully saturated rings. The van der Waals surface area contributed by atoms with Gasteiger partial charge in [0.15, 0.2) is 17.5 Å². The third kappa shape index (κ3) is 8.36. The zero-order valence-electron chi connectivity index (χ0n) is 44.5. The topological polar surface area (TPSA) is 274 Å². The van der Waals surface area contributed by atoms with E-state index in [1.165, 1.54) is 6.92 Å². The van der Waals surface area contributed by atoms with Gasteiger partial charge in [-0.1, -0.05) is 45.3 Å². The number of aromatic nitrogens is 1. The van der Waals surface area contributed by atoms with Crippen LogP contribution in [0.2, 0.25) is 0 Å². The molecule has 5 saturated carbocycles. The lowest BCUT2D eigenvalue weighted by molar-refractivity contribution is -0.190. The summed E-state index contributed by atoms with van der Waals surface area (Å²) in [6.07, 6.45) is 9.75. The Morgan fingerprint density at radius 3 is 2.46 bits per heavy atom. The average molecular weight is 1020 g/mol. The van der Waals surface area contributed by atoms with Crippen LogP contribution in [0.3, 0.4) is 0 Å². The van der Waals surface area contributed by atoms with Gasteiger partial charge in [0.2, 0.25) is 0 Å². The van der Waals surface area contributed by atoms with E-state index in [1.54, 1.807) is 12.5 Å². The van der Waals surface area contributed by atoms with Gasteiger partial charge in [-0.3, -0.25) is 19.4 Å². The van der Waals surface area contributed by atoms with Gasteiger partial charge in [-0.25, -0.2) is 0 Å². The van der Waals surface area contributed by atoms with E-state index >= 15 is 4.79 Å². The second kappa shape index (κ2) is 19.8. The first-order valence-corrected chi connectivity index (χ1v) is 28.3. The van der Waals surface area contributed by atoms with Gasteiger partial charge in [0.25, 0.3) is 0 Å². The van der Waals surface area contributed by atoms with Crippen molar-refractivity contribution in [3.05, 3.63) is 46.9 Å². The molecular weight excluding hydrogens is 939 g/mol. The number of nitrogens with two attached hydrogens (primary N) is 2. The van der Waals surface area contributed by atoms with Crippen molar-refractivity contribution in [2.24, 2.45) is 104 Å². The molecule has 1 aromatic heterocycles. The molecule has 4 bridgehead atoms. The Morgan fingerprint density at radius 1 is 1.00 bits per heavy atom. The summed E-state index contributed by atoms with van der Waals surface area (Å²) < 4.78 is 6.36. The molecule has 0 unspecified atom stereocenters. The lowest BCUT2D eigenvalue weighted by Gasteiger charge is -2.62. The number of ether oxygens (including phenoxy) is 1. The first-order chi connectivity index (χ1) is 35.1. The van der Waals surface area contributed by atoms with Crippen LogP contribution < -0.4 is 16.8 Å². The maximum absolute atomic E-state index is 15.3. The number of aliphatic hydroxyl groups excluding tert-OH is 4. The Balaban J connectivity index is 1.18. The van der Waals surface area contributed by atoms with E-state index < -0.39 is 94.1 Å². The molecular formula is C59H85N5O10. The normalized spacial score (nSPS) is 47.0. The second-order valence-corrected chi connectivity index (χ2v) is 25.8. The minimum Gasteiger partial charge on any atom is -0.462 e. The van der Waals surface area contributed by atoms with Gasteiger partial charge in [-0.05, 0) is 173 Å². The summed E-state index contributed by atoms with van der Waals surface area (Å²) in [6.45, 7) is 11.1. The Kier molecular flexibility index (Phi) is 14.2. The van der Waals surface area contributed by atoms with Gasteiger partial charge in [0.1, 0.15) is 12.1 Å². The summed E-state index contributed by atoms with van der Waals surface area (Å²) in [6, 6.07) is 0.793. The van der Waals surface area contributed by atoms with Crippen molar-refractivity contribution in [1.82, 2.24) is 10.3 Å². The number of cyclic esters (lactones) is 1.